The van der Waals surface area contributed by atoms with Crippen molar-refractivity contribution in [3.8, 4) is 0 Å². The van der Waals surface area contributed by atoms with Gasteiger partial charge in [-0.1, -0.05) is 12.1 Å². The third-order valence-corrected chi connectivity index (χ3v) is 4.56. The number of benzene rings is 1. The van der Waals surface area contributed by atoms with E-state index in [1.54, 1.807) is 12.1 Å². The van der Waals surface area contributed by atoms with Crippen molar-refractivity contribution in [1.29, 1.82) is 0 Å². The number of para-hydroxylation sites is 1. The van der Waals surface area contributed by atoms with E-state index >= 15 is 0 Å². The molecule has 0 bridgehead atoms. The largest absolute Gasteiger partial charge is 0.545 e. The zero-order valence-electron chi connectivity index (χ0n) is 12.7. The maximum absolute atomic E-state index is 12.8. The number of carboxylic acid groups (broad SMARTS) is 1. The number of quaternary nitrogens is 1. The molecule has 1 aliphatic heterocycles. The molecule has 0 radical (unpaired) electrons. The second-order valence-corrected chi connectivity index (χ2v) is 6.06. The molecule has 5 nitrogen and oxygen atoms in total. The van der Waals surface area contributed by atoms with Gasteiger partial charge in [0.1, 0.15) is 6.54 Å². The lowest BCUT2D eigenvalue weighted by molar-refractivity contribution is -0.918. The van der Waals surface area contributed by atoms with E-state index < -0.39 is 5.97 Å². The van der Waals surface area contributed by atoms with Gasteiger partial charge in [-0.05, 0) is 32.3 Å². The normalized spacial score (nSPS) is 16.0. The van der Waals surface area contributed by atoms with Gasteiger partial charge in [-0.3, -0.25) is 4.79 Å². The summed E-state index contributed by atoms with van der Waals surface area (Å²) in [5.41, 5.74) is 1.86. The number of carboxylic acids is 1. The first-order valence-electron chi connectivity index (χ1n) is 7.77. The Morgan fingerprint density at radius 1 is 1.27 bits per heavy atom. The number of fused-ring (bicyclic) bond motifs is 1. The highest BCUT2D eigenvalue weighted by molar-refractivity contribution is 6.00. The van der Waals surface area contributed by atoms with Crippen LogP contribution in [0.2, 0.25) is 0 Å². The molecule has 5 heteroatoms. The predicted octanol–water partition coefficient (Wildman–Crippen LogP) is -0.231. The second kappa shape index (κ2) is 5.93. The summed E-state index contributed by atoms with van der Waals surface area (Å²) >= 11 is 0. The van der Waals surface area contributed by atoms with Crippen LogP contribution in [-0.2, 0) is 6.54 Å². The number of aryl methyl sites for hydroxylation is 1. The highest BCUT2D eigenvalue weighted by Crippen LogP contribution is 2.15. The van der Waals surface area contributed by atoms with Crippen LogP contribution in [0.4, 0.5) is 0 Å². The fourth-order valence-electron chi connectivity index (χ4n) is 3.33. The highest BCUT2D eigenvalue weighted by Gasteiger charge is 2.19. The molecule has 0 unspecified atom stereocenters. The summed E-state index contributed by atoms with van der Waals surface area (Å²) in [6, 6.07) is 4.73. The Hall–Kier alpha value is -2.14. The van der Waals surface area contributed by atoms with E-state index in [1.165, 1.54) is 30.2 Å². The van der Waals surface area contributed by atoms with Crippen molar-refractivity contribution in [2.45, 2.75) is 32.7 Å². The third-order valence-electron chi connectivity index (χ3n) is 4.56. The van der Waals surface area contributed by atoms with Gasteiger partial charge in [0.15, 0.2) is 5.43 Å². The van der Waals surface area contributed by atoms with Crippen LogP contribution in [-0.4, -0.2) is 24.0 Å². The zero-order chi connectivity index (χ0) is 15.7. The van der Waals surface area contributed by atoms with Crippen LogP contribution in [0.3, 0.4) is 0 Å². The lowest BCUT2D eigenvalue weighted by Gasteiger charge is -2.24. The van der Waals surface area contributed by atoms with Gasteiger partial charge in [-0.25, -0.2) is 0 Å². The van der Waals surface area contributed by atoms with E-state index in [1.807, 2.05) is 6.92 Å². The maximum atomic E-state index is 12.8. The van der Waals surface area contributed by atoms with Gasteiger partial charge >= 0.3 is 0 Å². The summed E-state index contributed by atoms with van der Waals surface area (Å²) < 4.78 is 0. The quantitative estimate of drug-likeness (QED) is 0.822. The number of rotatable bonds is 3. The fourth-order valence-corrected chi connectivity index (χ4v) is 3.33. The minimum absolute atomic E-state index is 0.0366. The van der Waals surface area contributed by atoms with Crippen molar-refractivity contribution in [1.82, 2.24) is 4.98 Å². The van der Waals surface area contributed by atoms with Crippen molar-refractivity contribution < 1.29 is 14.8 Å². The molecule has 0 aliphatic carbocycles. The zero-order valence-corrected chi connectivity index (χ0v) is 12.7. The fraction of sp³-hybridized carbons (Fsp3) is 0.412. The molecular formula is C17H20N2O3. The molecule has 0 spiro atoms. The first-order chi connectivity index (χ1) is 10.6. The molecule has 0 amide bonds. The van der Waals surface area contributed by atoms with Crippen molar-refractivity contribution in [3.05, 3.63) is 45.2 Å². The van der Waals surface area contributed by atoms with Crippen LogP contribution in [0.25, 0.3) is 10.9 Å². The van der Waals surface area contributed by atoms with Gasteiger partial charge in [0.2, 0.25) is 0 Å². The molecule has 1 saturated heterocycles. The topological polar surface area (TPSA) is 77.4 Å². The Balaban J connectivity index is 2.08. The number of hydrogen-bond donors (Lipinski definition) is 2. The summed E-state index contributed by atoms with van der Waals surface area (Å²) in [7, 11) is 0. The van der Waals surface area contributed by atoms with Gasteiger partial charge in [0.05, 0.1) is 30.1 Å². The molecule has 1 aromatic carbocycles. The molecule has 2 N–H and O–H groups in total. The summed E-state index contributed by atoms with van der Waals surface area (Å²) in [4.78, 5) is 28.5. The number of nitrogens with one attached hydrogen (secondary N) is 2. The van der Waals surface area contributed by atoms with Gasteiger partial charge in [0.25, 0.3) is 0 Å². The third kappa shape index (κ3) is 2.64. The Morgan fingerprint density at radius 3 is 2.68 bits per heavy atom. The number of aromatic amines is 1. The van der Waals surface area contributed by atoms with Gasteiger partial charge in [-0.15, -0.1) is 0 Å². The summed E-state index contributed by atoms with van der Waals surface area (Å²) in [5, 5.41) is 11.6. The Labute approximate surface area is 128 Å². The molecule has 1 fully saturated rings. The molecule has 2 heterocycles. The number of pyridine rings is 1. The average molecular weight is 300 g/mol. The second-order valence-electron chi connectivity index (χ2n) is 6.06. The van der Waals surface area contributed by atoms with Crippen LogP contribution >= 0.6 is 0 Å². The molecule has 1 aromatic heterocycles. The van der Waals surface area contributed by atoms with E-state index in [0.717, 1.165) is 24.3 Å². The van der Waals surface area contributed by atoms with Crippen LogP contribution in [0.1, 0.15) is 40.9 Å². The van der Waals surface area contributed by atoms with E-state index in [2.05, 4.69) is 4.98 Å². The van der Waals surface area contributed by atoms with Crippen LogP contribution in [0, 0.1) is 6.92 Å². The molecule has 1 aliphatic rings. The Morgan fingerprint density at radius 2 is 2.00 bits per heavy atom. The smallest absolute Gasteiger partial charge is 0.198 e. The van der Waals surface area contributed by atoms with Crippen LogP contribution in [0.15, 0.2) is 23.0 Å². The summed E-state index contributed by atoms with van der Waals surface area (Å²) in [5.74, 6) is -1.27. The number of aromatic carboxylic acids is 1. The van der Waals surface area contributed by atoms with Crippen molar-refractivity contribution in [3.63, 3.8) is 0 Å². The van der Waals surface area contributed by atoms with Crippen LogP contribution < -0.4 is 15.4 Å². The lowest BCUT2D eigenvalue weighted by atomic mass is 10.0. The average Bonchev–Trinajstić information content (AvgIpc) is 2.52. The van der Waals surface area contributed by atoms with Crippen molar-refractivity contribution in [2.75, 3.05) is 13.1 Å². The number of piperidine rings is 1. The molecule has 116 valence electrons. The molecule has 0 atom stereocenters. The Kier molecular flexibility index (Phi) is 3.98. The van der Waals surface area contributed by atoms with E-state index in [9.17, 15) is 14.7 Å². The number of hydrogen-bond acceptors (Lipinski definition) is 3. The van der Waals surface area contributed by atoms with E-state index in [0.29, 0.717) is 17.4 Å². The molecule has 2 aromatic rings. The Bertz CT molecular complexity index is 773. The number of likely N-dealkylation sites (tertiary alicyclic amines) is 1. The molecule has 3 rings (SSSR count). The molecule has 0 saturated carbocycles. The standard InChI is InChI=1S/C17H20N2O3/c1-11-14(10-19-8-3-2-4-9-19)16(20)12-6-5-7-13(17(21)22)15(12)18-11/h5-7H,2-4,8-10H2,1H3,(H,18,20)(H,21,22). The van der Waals surface area contributed by atoms with Crippen molar-refractivity contribution >= 4 is 16.9 Å². The number of carbonyl (C=O) groups excluding carboxylic acids is 1. The minimum atomic E-state index is -1.27. The first-order valence-corrected chi connectivity index (χ1v) is 7.77. The maximum Gasteiger partial charge on any atom is 0.198 e. The number of carbonyl (C=O) groups is 1. The van der Waals surface area contributed by atoms with E-state index in [4.69, 9.17) is 0 Å². The summed E-state index contributed by atoms with van der Waals surface area (Å²) in [6.45, 7) is 4.73. The first kappa shape index (κ1) is 14.8. The van der Waals surface area contributed by atoms with Gasteiger partial charge in [-0.2, -0.15) is 0 Å². The van der Waals surface area contributed by atoms with Gasteiger partial charge in [0, 0.05) is 16.6 Å². The SMILES string of the molecule is Cc1[nH]c2c(C(=O)[O-])cccc2c(=O)c1C[NH+]1CCCCC1. The van der Waals surface area contributed by atoms with Crippen LogP contribution in [0.5, 0.6) is 0 Å². The lowest BCUT2D eigenvalue weighted by Crippen LogP contribution is -3.11. The van der Waals surface area contributed by atoms with Crippen molar-refractivity contribution in [2.24, 2.45) is 0 Å². The van der Waals surface area contributed by atoms with Gasteiger partial charge < -0.3 is 19.8 Å². The van der Waals surface area contributed by atoms with E-state index in [-0.39, 0.29) is 11.0 Å². The monoisotopic (exact) mass is 300 g/mol. The minimum Gasteiger partial charge on any atom is -0.545 e. The number of H-pyrrole nitrogens is 1. The number of aromatic nitrogens is 1. The molecular weight excluding hydrogens is 280 g/mol. The highest BCUT2D eigenvalue weighted by atomic mass is 16.4. The molecule has 22 heavy (non-hydrogen) atoms. The predicted molar refractivity (Wildman–Crippen MR) is 81.9 cm³/mol. The summed E-state index contributed by atoms with van der Waals surface area (Å²) in [6.07, 6.45) is 3.68.